The molecule has 0 aliphatic rings. The average molecular weight is 425 g/mol. The van der Waals surface area contributed by atoms with Crippen molar-refractivity contribution in [3.63, 3.8) is 0 Å². The molecule has 19 heavy (non-hydrogen) atoms. The van der Waals surface area contributed by atoms with Crippen molar-refractivity contribution < 1.29 is 9.90 Å². The van der Waals surface area contributed by atoms with E-state index in [2.05, 4.69) is 36.8 Å². The maximum absolute atomic E-state index is 11.4. The summed E-state index contributed by atoms with van der Waals surface area (Å²) in [6.45, 7) is 6.09. The normalized spacial score (nSPS) is 11.8. The predicted molar refractivity (Wildman–Crippen MR) is 86.5 cm³/mol. The molecule has 7 heteroatoms. The molecule has 0 bridgehead atoms. The second kappa shape index (κ2) is 5.27. The van der Waals surface area contributed by atoms with Gasteiger partial charge < -0.3 is 5.11 Å². The molecule has 0 amide bonds. The minimum atomic E-state index is -0.984. The quantitative estimate of drug-likeness (QED) is 0.702. The highest BCUT2D eigenvalue weighted by Gasteiger charge is 2.26. The Bertz CT molecular complexity index is 621. The number of thiophene rings is 1. The van der Waals surface area contributed by atoms with E-state index in [1.165, 1.54) is 22.7 Å². The van der Waals surface area contributed by atoms with Crippen molar-refractivity contribution in [3.8, 4) is 9.75 Å². The largest absolute Gasteiger partial charge is 0.476 e. The molecule has 0 atom stereocenters. The van der Waals surface area contributed by atoms with Crippen molar-refractivity contribution in [1.82, 2.24) is 4.98 Å². The van der Waals surface area contributed by atoms with Crippen LogP contribution in [-0.4, -0.2) is 16.1 Å². The molecule has 0 aliphatic heterocycles. The van der Waals surface area contributed by atoms with E-state index in [0.29, 0.717) is 4.88 Å². The zero-order chi connectivity index (χ0) is 14.4. The highest BCUT2D eigenvalue weighted by Crippen LogP contribution is 2.43. The van der Waals surface area contributed by atoms with Crippen molar-refractivity contribution in [2.45, 2.75) is 26.2 Å². The van der Waals surface area contributed by atoms with Gasteiger partial charge in [-0.1, -0.05) is 20.8 Å². The van der Waals surface area contributed by atoms with E-state index in [1.54, 1.807) is 0 Å². The van der Waals surface area contributed by atoms with Crippen LogP contribution in [0.5, 0.6) is 0 Å². The third-order valence-electron chi connectivity index (χ3n) is 2.34. The monoisotopic (exact) mass is 423 g/mol. The van der Waals surface area contributed by atoms with Crippen LogP contribution in [0.1, 0.15) is 36.3 Å². The van der Waals surface area contributed by atoms with Crippen LogP contribution in [0.3, 0.4) is 0 Å². The van der Waals surface area contributed by atoms with Crippen LogP contribution in [0.15, 0.2) is 14.3 Å². The first-order valence-corrected chi connectivity index (χ1v) is 8.62. The summed E-state index contributed by atoms with van der Waals surface area (Å²) in [6.07, 6.45) is 0. The van der Waals surface area contributed by atoms with E-state index >= 15 is 0 Å². The molecule has 0 aliphatic carbocycles. The number of hydrogen-bond acceptors (Lipinski definition) is 4. The van der Waals surface area contributed by atoms with Gasteiger partial charge in [0, 0.05) is 14.8 Å². The topological polar surface area (TPSA) is 50.2 Å². The molecule has 0 radical (unpaired) electrons. The van der Waals surface area contributed by atoms with Crippen LogP contribution >= 0.6 is 54.5 Å². The zero-order valence-corrected chi connectivity index (χ0v) is 15.3. The van der Waals surface area contributed by atoms with Gasteiger partial charge in [0.1, 0.15) is 0 Å². The fraction of sp³-hybridized carbons (Fsp3) is 0.333. The molecular formula is C12H11Br2NO2S2. The molecule has 2 rings (SSSR count). The Labute approximate surface area is 136 Å². The Hall–Kier alpha value is -0.240. The first kappa shape index (κ1) is 15.2. The number of aromatic carboxylic acids is 1. The predicted octanol–water partition coefficient (Wildman–Crippen LogP) is 5.39. The lowest BCUT2D eigenvalue weighted by Crippen LogP contribution is -2.11. The number of carboxylic acids is 1. The van der Waals surface area contributed by atoms with E-state index in [-0.39, 0.29) is 11.1 Å². The Balaban J connectivity index is 2.61. The molecule has 1 N–H and O–H groups in total. The van der Waals surface area contributed by atoms with Crippen molar-refractivity contribution in [2.75, 3.05) is 0 Å². The number of carboxylic acid groups (broad SMARTS) is 1. The number of thiazole rings is 1. The molecule has 0 spiro atoms. The van der Waals surface area contributed by atoms with Gasteiger partial charge in [0.25, 0.3) is 0 Å². The first-order valence-electron chi connectivity index (χ1n) is 5.40. The smallest absolute Gasteiger partial charge is 0.356 e. The van der Waals surface area contributed by atoms with Gasteiger partial charge in [0.2, 0.25) is 0 Å². The first-order chi connectivity index (χ1) is 8.70. The fourth-order valence-electron chi connectivity index (χ4n) is 1.41. The summed E-state index contributed by atoms with van der Waals surface area (Å²) in [4.78, 5) is 17.3. The Kier molecular flexibility index (Phi) is 4.21. The molecule has 0 aromatic carbocycles. The minimum Gasteiger partial charge on any atom is -0.476 e. The maximum Gasteiger partial charge on any atom is 0.356 e. The van der Waals surface area contributed by atoms with E-state index in [0.717, 1.165) is 18.1 Å². The third-order valence-corrected chi connectivity index (χ3v) is 7.26. The van der Waals surface area contributed by atoms with Crippen LogP contribution in [0.4, 0.5) is 0 Å². The lowest BCUT2D eigenvalue weighted by molar-refractivity contribution is 0.0692. The molecule has 0 fully saturated rings. The molecule has 0 unspecified atom stereocenters. The van der Waals surface area contributed by atoms with Gasteiger partial charge in [0.05, 0.1) is 13.7 Å². The van der Waals surface area contributed by atoms with Gasteiger partial charge >= 0.3 is 5.97 Å². The summed E-state index contributed by atoms with van der Waals surface area (Å²) in [6, 6.07) is 1.92. The molecule has 0 saturated carbocycles. The Morgan fingerprint density at radius 3 is 2.37 bits per heavy atom. The third kappa shape index (κ3) is 3.09. The standard InChI is InChI=1S/C12H11Br2NO2S2/c1-12(2,3)11-15-7(10(16)17)8(19-11)6-4-5(13)9(14)18-6/h4H,1-3H3,(H,16,17). The van der Waals surface area contributed by atoms with Gasteiger partial charge in [-0.2, -0.15) is 0 Å². The minimum absolute atomic E-state index is 0.135. The number of nitrogens with zero attached hydrogens (tertiary/aromatic N) is 1. The second-order valence-corrected chi connectivity index (χ2v) is 9.21. The molecular weight excluding hydrogens is 414 g/mol. The maximum atomic E-state index is 11.4. The zero-order valence-electron chi connectivity index (χ0n) is 10.5. The van der Waals surface area contributed by atoms with Crippen molar-refractivity contribution in [1.29, 1.82) is 0 Å². The lowest BCUT2D eigenvalue weighted by atomic mass is 9.98. The lowest BCUT2D eigenvalue weighted by Gasteiger charge is -2.13. The molecule has 102 valence electrons. The van der Waals surface area contributed by atoms with Gasteiger partial charge in [-0.25, -0.2) is 9.78 Å². The molecule has 2 heterocycles. The highest BCUT2D eigenvalue weighted by molar-refractivity contribution is 9.13. The van der Waals surface area contributed by atoms with E-state index in [9.17, 15) is 9.90 Å². The van der Waals surface area contributed by atoms with Crippen molar-refractivity contribution >= 4 is 60.5 Å². The van der Waals surface area contributed by atoms with Gasteiger partial charge in [-0.15, -0.1) is 22.7 Å². The van der Waals surface area contributed by atoms with Crippen LogP contribution in [0.25, 0.3) is 9.75 Å². The van der Waals surface area contributed by atoms with Crippen molar-refractivity contribution in [2.24, 2.45) is 0 Å². The van der Waals surface area contributed by atoms with Gasteiger partial charge in [0.15, 0.2) is 5.69 Å². The second-order valence-electron chi connectivity index (χ2n) is 4.98. The SMILES string of the molecule is CC(C)(C)c1nc(C(=O)O)c(-c2cc(Br)c(Br)s2)s1. The van der Waals surface area contributed by atoms with Gasteiger partial charge in [-0.05, 0) is 37.9 Å². The molecule has 2 aromatic rings. The fourth-order valence-corrected chi connectivity index (χ4v) is 4.66. The molecule has 2 aromatic heterocycles. The number of carbonyl (C=O) groups is 1. The number of aromatic nitrogens is 1. The number of hydrogen-bond donors (Lipinski definition) is 1. The summed E-state index contributed by atoms with van der Waals surface area (Å²) in [5, 5.41) is 10.1. The number of halogens is 2. The Morgan fingerprint density at radius 1 is 1.32 bits per heavy atom. The van der Waals surface area contributed by atoms with Crippen molar-refractivity contribution in [3.05, 3.63) is 25.0 Å². The highest BCUT2D eigenvalue weighted by atomic mass is 79.9. The summed E-state index contributed by atoms with van der Waals surface area (Å²) >= 11 is 9.80. The summed E-state index contributed by atoms with van der Waals surface area (Å²) in [7, 11) is 0. The van der Waals surface area contributed by atoms with Gasteiger partial charge in [-0.3, -0.25) is 0 Å². The molecule has 3 nitrogen and oxygen atoms in total. The van der Waals surface area contributed by atoms with Crippen LogP contribution in [0.2, 0.25) is 0 Å². The number of rotatable bonds is 2. The van der Waals surface area contributed by atoms with Crippen LogP contribution < -0.4 is 0 Å². The average Bonchev–Trinajstić information content (AvgIpc) is 2.82. The van der Waals surface area contributed by atoms with E-state index < -0.39 is 5.97 Å². The van der Waals surface area contributed by atoms with E-state index in [1.807, 2.05) is 26.8 Å². The summed E-state index contributed by atoms with van der Waals surface area (Å²) < 4.78 is 1.87. The molecule has 0 saturated heterocycles. The summed E-state index contributed by atoms with van der Waals surface area (Å²) in [5.41, 5.74) is -0.0186. The Morgan fingerprint density at radius 2 is 1.95 bits per heavy atom. The van der Waals surface area contributed by atoms with Crippen LogP contribution in [0, 0.1) is 0 Å². The van der Waals surface area contributed by atoms with Crippen LogP contribution in [-0.2, 0) is 5.41 Å². The van der Waals surface area contributed by atoms with E-state index in [4.69, 9.17) is 0 Å². The summed E-state index contributed by atoms with van der Waals surface area (Å²) in [5.74, 6) is -0.984.